The van der Waals surface area contributed by atoms with Gasteiger partial charge in [-0.05, 0) is 41.3 Å². The normalized spacial score (nSPS) is 12.3. The van der Waals surface area contributed by atoms with E-state index in [4.69, 9.17) is 4.18 Å². The van der Waals surface area contributed by atoms with Crippen LogP contribution in [0.15, 0.2) is 56.9 Å². The van der Waals surface area contributed by atoms with Crippen LogP contribution in [0.3, 0.4) is 0 Å². The minimum atomic E-state index is -4.12. The molecule has 0 unspecified atom stereocenters. The van der Waals surface area contributed by atoms with E-state index in [0.717, 1.165) is 5.56 Å². The van der Waals surface area contributed by atoms with Gasteiger partial charge in [0.1, 0.15) is 10.6 Å². The van der Waals surface area contributed by atoms with Gasteiger partial charge in [-0.3, -0.25) is 9.78 Å². The molecule has 0 fully saturated rings. The van der Waals surface area contributed by atoms with Crippen LogP contribution in [-0.2, 0) is 15.5 Å². The van der Waals surface area contributed by atoms with E-state index in [2.05, 4.69) is 30.7 Å². The van der Waals surface area contributed by atoms with Crippen LogP contribution in [0, 0.1) is 0 Å². The standard InChI is InChI=1S/C18H18N2O5S/c1-18(2,3)11-4-6-12(7-5-11)25-26(23,24)13-8-9-15-14(10-13)16(21)20-17(22)19-15/h4-10H,1-3H3,(H2,19,20,21,22). The van der Waals surface area contributed by atoms with Gasteiger partial charge in [-0.1, -0.05) is 32.9 Å². The Morgan fingerprint density at radius 1 is 0.923 bits per heavy atom. The van der Waals surface area contributed by atoms with Gasteiger partial charge in [0.25, 0.3) is 5.56 Å². The summed E-state index contributed by atoms with van der Waals surface area (Å²) >= 11 is 0. The topological polar surface area (TPSA) is 109 Å². The fraction of sp³-hybridized carbons (Fsp3) is 0.222. The number of nitrogens with one attached hydrogen (secondary N) is 2. The molecule has 26 heavy (non-hydrogen) atoms. The van der Waals surface area contributed by atoms with Gasteiger partial charge >= 0.3 is 15.8 Å². The minimum Gasteiger partial charge on any atom is -0.379 e. The van der Waals surface area contributed by atoms with E-state index in [9.17, 15) is 18.0 Å². The van der Waals surface area contributed by atoms with Crippen molar-refractivity contribution in [2.45, 2.75) is 31.1 Å². The maximum atomic E-state index is 12.5. The van der Waals surface area contributed by atoms with Crippen molar-refractivity contribution in [1.82, 2.24) is 9.97 Å². The molecule has 0 aliphatic rings. The van der Waals surface area contributed by atoms with Gasteiger partial charge in [0.05, 0.1) is 10.9 Å². The van der Waals surface area contributed by atoms with Gasteiger partial charge in [-0.2, -0.15) is 8.42 Å². The molecule has 1 heterocycles. The summed E-state index contributed by atoms with van der Waals surface area (Å²) in [5, 5.41) is 0.0531. The van der Waals surface area contributed by atoms with Crippen molar-refractivity contribution in [3.63, 3.8) is 0 Å². The molecule has 0 spiro atoms. The van der Waals surface area contributed by atoms with E-state index in [1.165, 1.54) is 18.2 Å². The van der Waals surface area contributed by atoms with Crippen molar-refractivity contribution in [1.29, 1.82) is 0 Å². The summed E-state index contributed by atoms with van der Waals surface area (Å²) in [6.07, 6.45) is 0. The zero-order chi connectivity index (χ0) is 19.1. The molecule has 0 atom stereocenters. The Bertz CT molecular complexity index is 1180. The lowest BCUT2D eigenvalue weighted by Crippen LogP contribution is -2.22. The third kappa shape index (κ3) is 3.55. The van der Waals surface area contributed by atoms with E-state index in [0.29, 0.717) is 0 Å². The Balaban J connectivity index is 1.97. The molecular weight excluding hydrogens is 356 g/mol. The van der Waals surface area contributed by atoms with Crippen molar-refractivity contribution in [2.75, 3.05) is 0 Å². The van der Waals surface area contributed by atoms with Gasteiger partial charge in [-0.15, -0.1) is 0 Å². The van der Waals surface area contributed by atoms with Crippen molar-refractivity contribution in [3.05, 3.63) is 68.9 Å². The summed E-state index contributed by atoms with van der Waals surface area (Å²) in [5.41, 5.74) is -0.104. The lowest BCUT2D eigenvalue weighted by atomic mass is 9.87. The first-order valence-electron chi connectivity index (χ1n) is 7.88. The van der Waals surface area contributed by atoms with E-state index in [1.54, 1.807) is 24.3 Å². The predicted molar refractivity (Wildman–Crippen MR) is 98.1 cm³/mol. The molecule has 8 heteroatoms. The number of hydrogen-bond acceptors (Lipinski definition) is 5. The Labute approximate surface area is 149 Å². The first kappa shape index (κ1) is 17.9. The Morgan fingerprint density at radius 2 is 1.58 bits per heavy atom. The van der Waals surface area contributed by atoms with Crippen LogP contribution >= 0.6 is 0 Å². The first-order valence-corrected chi connectivity index (χ1v) is 9.28. The summed E-state index contributed by atoms with van der Waals surface area (Å²) < 4.78 is 30.2. The number of aromatic nitrogens is 2. The van der Waals surface area contributed by atoms with Crippen LogP contribution in [0.4, 0.5) is 0 Å². The van der Waals surface area contributed by atoms with Crippen LogP contribution < -0.4 is 15.4 Å². The van der Waals surface area contributed by atoms with Crippen LogP contribution in [-0.4, -0.2) is 18.4 Å². The molecule has 3 aromatic rings. The Morgan fingerprint density at radius 3 is 2.19 bits per heavy atom. The summed E-state index contributed by atoms with van der Waals surface area (Å²) in [4.78, 5) is 27.4. The highest BCUT2D eigenvalue weighted by Gasteiger charge is 2.19. The number of aromatic amines is 2. The number of hydrogen-bond donors (Lipinski definition) is 2. The van der Waals surface area contributed by atoms with Crippen molar-refractivity contribution < 1.29 is 12.6 Å². The largest absolute Gasteiger partial charge is 0.379 e. The first-order chi connectivity index (χ1) is 12.1. The Hall–Kier alpha value is -2.87. The molecule has 0 radical (unpaired) electrons. The third-order valence-corrected chi connectivity index (χ3v) is 5.17. The second kappa shape index (κ2) is 6.14. The number of H-pyrrole nitrogens is 2. The molecule has 1 aromatic heterocycles. The van der Waals surface area contributed by atoms with Gasteiger partial charge in [0, 0.05) is 0 Å². The molecular formula is C18H18N2O5S. The van der Waals surface area contributed by atoms with E-state index in [-0.39, 0.29) is 27.0 Å². The number of rotatable bonds is 3. The summed E-state index contributed by atoms with van der Waals surface area (Å²) in [7, 11) is -4.12. The molecule has 0 aliphatic carbocycles. The lowest BCUT2D eigenvalue weighted by molar-refractivity contribution is 0.485. The predicted octanol–water partition coefficient (Wildman–Crippen LogP) is 2.28. The third-order valence-electron chi connectivity index (χ3n) is 3.93. The number of benzene rings is 2. The highest BCUT2D eigenvalue weighted by Crippen LogP contribution is 2.26. The molecule has 0 saturated carbocycles. The van der Waals surface area contributed by atoms with Gasteiger partial charge in [0.15, 0.2) is 0 Å². The molecule has 0 saturated heterocycles. The summed E-state index contributed by atoms with van der Waals surface area (Å²) in [5.74, 6) is 0.175. The van der Waals surface area contributed by atoms with Crippen molar-refractivity contribution >= 4 is 21.0 Å². The van der Waals surface area contributed by atoms with E-state index < -0.39 is 21.4 Å². The molecule has 3 rings (SSSR count). The minimum absolute atomic E-state index is 0.0531. The molecule has 0 aliphatic heterocycles. The van der Waals surface area contributed by atoms with Crippen LogP contribution in [0.2, 0.25) is 0 Å². The summed E-state index contributed by atoms with van der Waals surface area (Å²) in [6, 6.07) is 10.6. The zero-order valence-electron chi connectivity index (χ0n) is 14.5. The fourth-order valence-corrected chi connectivity index (χ4v) is 3.44. The quantitative estimate of drug-likeness (QED) is 0.684. The highest BCUT2D eigenvalue weighted by molar-refractivity contribution is 7.87. The molecule has 2 aromatic carbocycles. The van der Waals surface area contributed by atoms with Gasteiger partial charge < -0.3 is 9.17 Å². The fourth-order valence-electron chi connectivity index (χ4n) is 2.49. The zero-order valence-corrected chi connectivity index (χ0v) is 15.3. The van der Waals surface area contributed by atoms with E-state index >= 15 is 0 Å². The maximum absolute atomic E-state index is 12.5. The molecule has 0 bridgehead atoms. The monoisotopic (exact) mass is 374 g/mol. The van der Waals surface area contributed by atoms with Crippen molar-refractivity contribution in [3.8, 4) is 5.75 Å². The molecule has 136 valence electrons. The van der Waals surface area contributed by atoms with E-state index in [1.807, 2.05) is 0 Å². The van der Waals surface area contributed by atoms with Crippen molar-refractivity contribution in [2.24, 2.45) is 0 Å². The SMILES string of the molecule is CC(C)(C)c1ccc(OS(=O)(=O)c2ccc3[nH]c(=O)[nH]c(=O)c3c2)cc1. The van der Waals surface area contributed by atoms with Gasteiger partial charge in [0.2, 0.25) is 0 Å². The summed E-state index contributed by atoms with van der Waals surface area (Å²) in [6.45, 7) is 6.16. The molecule has 7 nitrogen and oxygen atoms in total. The molecule has 0 amide bonds. The average Bonchev–Trinajstić information content (AvgIpc) is 2.53. The second-order valence-electron chi connectivity index (χ2n) is 6.93. The van der Waals surface area contributed by atoms with Crippen LogP contribution in [0.25, 0.3) is 10.9 Å². The van der Waals surface area contributed by atoms with Crippen LogP contribution in [0.1, 0.15) is 26.3 Å². The second-order valence-corrected chi connectivity index (χ2v) is 8.47. The van der Waals surface area contributed by atoms with Crippen LogP contribution in [0.5, 0.6) is 5.75 Å². The van der Waals surface area contributed by atoms with Gasteiger partial charge in [-0.25, -0.2) is 4.79 Å². The maximum Gasteiger partial charge on any atom is 0.339 e. The molecule has 2 N–H and O–H groups in total. The smallest absolute Gasteiger partial charge is 0.339 e. The number of fused-ring (bicyclic) bond motifs is 1. The highest BCUT2D eigenvalue weighted by atomic mass is 32.2. The lowest BCUT2D eigenvalue weighted by Gasteiger charge is -2.19. The average molecular weight is 374 g/mol. The Kier molecular flexibility index (Phi) is 4.23.